The monoisotopic (exact) mass is 358 g/mol. The first kappa shape index (κ1) is 7.67. The van der Waals surface area contributed by atoms with Crippen molar-refractivity contribution < 1.29 is 17.4 Å². The van der Waals surface area contributed by atoms with E-state index in [1.807, 2.05) is 22.7 Å². The van der Waals surface area contributed by atoms with E-state index in [2.05, 4.69) is 35.0 Å². The molecule has 0 radical (unpaired) electrons. The number of hydrogen-bond donors (Lipinski definition) is 0. The number of thiophene rings is 2. The molecule has 0 aliphatic rings. The average molecular weight is 357 g/mol. The summed E-state index contributed by atoms with van der Waals surface area (Å²) in [7, 11) is 0. The summed E-state index contributed by atoms with van der Waals surface area (Å²) < 4.78 is 3.18. The molecule has 0 aliphatic carbocycles. The van der Waals surface area contributed by atoms with E-state index in [9.17, 15) is 0 Å². The Morgan fingerprint density at radius 2 is 1.45 bits per heavy atom. The van der Waals surface area contributed by atoms with Gasteiger partial charge in [0.05, 0.1) is 0 Å². The Morgan fingerprint density at radius 3 is 1.82 bits per heavy atom. The Morgan fingerprint density at radius 1 is 0.909 bits per heavy atom. The molecule has 2 heterocycles. The van der Waals surface area contributed by atoms with Crippen molar-refractivity contribution in [2.45, 2.75) is 0 Å². The van der Waals surface area contributed by atoms with Gasteiger partial charge in [0.25, 0.3) is 0 Å². The molecule has 0 bridgehead atoms. The second-order valence-electron chi connectivity index (χ2n) is 1.90. The van der Waals surface area contributed by atoms with Crippen molar-refractivity contribution in [3.8, 4) is 0 Å². The third-order valence-electron chi connectivity index (χ3n) is 1.13. The zero-order chi connectivity index (χ0) is 7.52. The molecular formula is C8H6OsS2. The molecule has 2 aromatic rings. The van der Waals surface area contributed by atoms with Crippen LogP contribution in [0.15, 0.2) is 35.0 Å². The summed E-state index contributed by atoms with van der Waals surface area (Å²) in [5.74, 6) is 0. The molecule has 11 heavy (non-hydrogen) atoms. The average Bonchev–Trinajstić information content (AvgIpc) is 2.60. The van der Waals surface area contributed by atoms with E-state index in [0.717, 1.165) is 0 Å². The van der Waals surface area contributed by atoms with Crippen LogP contribution in [0, 0.1) is 0 Å². The molecular weight excluding hydrogens is 350 g/mol. The van der Waals surface area contributed by atoms with Gasteiger partial charge in [0.1, 0.15) is 0 Å². The SMILES string of the molecule is c1cs[c]([Os][c]2cccs2)c1. The van der Waals surface area contributed by atoms with Crippen LogP contribution >= 0.6 is 22.7 Å². The summed E-state index contributed by atoms with van der Waals surface area (Å²) in [6.45, 7) is 0. The van der Waals surface area contributed by atoms with E-state index in [1.54, 1.807) is 6.86 Å². The molecule has 0 aromatic carbocycles. The molecule has 0 nitrogen and oxygen atoms in total. The van der Waals surface area contributed by atoms with Crippen molar-refractivity contribution in [2.75, 3.05) is 0 Å². The molecule has 0 amide bonds. The second kappa shape index (κ2) is 3.62. The van der Waals surface area contributed by atoms with Crippen LogP contribution in [0.2, 0.25) is 0 Å². The van der Waals surface area contributed by atoms with E-state index in [-0.39, 0.29) is 17.4 Å². The van der Waals surface area contributed by atoms with Crippen LogP contribution in [0.25, 0.3) is 0 Å². The Hall–Kier alpha value is 0.0364. The normalized spacial score (nSPS) is 10.5. The Balaban J connectivity index is 2.14. The van der Waals surface area contributed by atoms with Gasteiger partial charge in [-0.05, 0) is 0 Å². The Labute approximate surface area is 81.7 Å². The van der Waals surface area contributed by atoms with Crippen LogP contribution in [-0.4, -0.2) is 0 Å². The summed E-state index contributed by atoms with van der Waals surface area (Å²) >= 11 is 3.67. The fourth-order valence-corrected chi connectivity index (χ4v) is 6.77. The molecule has 2 rings (SSSR count). The molecule has 0 saturated heterocycles. The van der Waals surface area contributed by atoms with Gasteiger partial charge >= 0.3 is 82.0 Å². The van der Waals surface area contributed by atoms with Gasteiger partial charge in [0, 0.05) is 0 Å². The minimum atomic E-state index is -0.113. The third-order valence-corrected chi connectivity index (χ3v) is 7.51. The Kier molecular flexibility index (Phi) is 2.53. The van der Waals surface area contributed by atoms with Crippen molar-refractivity contribution >= 4 is 29.5 Å². The molecule has 58 valence electrons. The van der Waals surface area contributed by atoms with E-state index in [4.69, 9.17) is 0 Å². The van der Waals surface area contributed by atoms with E-state index in [0.29, 0.717) is 0 Å². The Bertz CT molecular complexity index is 264. The molecule has 0 spiro atoms. The third kappa shape index (κ3) is 1.99. The molecule has 3 heteroatoms. The molecule has 0 atom stereocenters. The van der Waals surface area contributed by atoms with Crippen LogP contribution in [0.3, 0.4) is 0 Å². The van der Waals surface area contributed by atoms with Crippen molar-refractivity contribution in [1.82, 2.24) is 0 Å². The van der Waals surface area contributed by atoms with E-state index in [1.165, 1.54) is 0 Å². The first-order valence-corrected chi connectivity index (χ1v) is 7.44. The minimum absolute atomic E-state index is 0.113. The van der Waals surface area contributed by atoms with Gasteiger partial charge in [0.15, 0.2) is 0 Å². The first-order chi connectivity index (χ1) is 5.45. The van der Waals surface area contributed by atoms with Gasteiger partial charge in [-0.15, -0.1) is 0 Å². The van der Waals surface area contributed by atoms with Crippen LogP contribution < -0.4 is 6.86 Å². The molecule has 0 aliphatic heterocycles. The molecule has 0 saturated carbocycles. The second-order valence-corrected chi connectivity index (χ2v) is 8.89. The predicted molar refractivity (Wildman–Crippen MR) is 47.9 cm³/mol. The summed E-state index contributed by atoms with van der Waals surface area (Å²) in [5.41, 5.74) is 0. The van der Waals surface area contributed by atoms with Gasteiger partial charge < -0.3 is 0 Å². The van der Waals surface area contributed by atoms with Crippen molar-refractivity contribution in [1.29, 1.82) is 0 Å². The molecule has 0 fully saturated rings. The number of hydrogen-bond acceptors (Lipinski definition) is 2. The maximum atomic E-state index is 2.25. The topological polar surface area (TPSA) is 0 Å². The molecule has 2 aromatic heterocycles. The zero-order valence-electron chi connectivity index (χ0n) is 5.63. The summed E-state index contributed by atoms with van der Waals surface area (Å²) in [4.78, 5) is 0. The van der Waals surface area contributed by atoms with Gasteiger partial charge in [-0.1, -0.05) is 0 Å². The van der Waals surface area contributed by atoms with Gasteiger partial charge in [0.2, 0.25) is 0 Å². The first-order valence-electron chi connectivity index (χ1n) is 3.14. The fraction of sp³-hybridized carbons (Fsp3) is 0. The van der Waals surface area contributed by atoms with Crippen LogP contribution in [0.4, 0.5) is 0 Å². The van der Waals surface area contributed by atoms with Crippen LogP contribution in [-0.2, 0) is 17.4 Å². The predicted octanol–water partition coefficient (Wildman–Crippen LogP) is 1.84. The molecule has 0 unspecified atom stereocenters. The van der Waals surface area contributed by atoms with Gasteiger partial charge in [-0.25, -0.2) is 0 Å². The standard InChI is InChI=1S/2C4H3S.Os/c2*1-2-4-5-3-1;/h2*1-3H;. The van der Waals surface area contributed by atoms with Gasteiger partial charge in [-0.3, -0.25) is 0 Å². The summed E-state index contributed by atoms with van der Waals surface area (Å²) in [5, 5.41) is 4.33. The van der Waals surface area contributed by atoms with Crippen molar-refractivity contribution in [2.24, 2.45) is 0 Å². The summed E-state index contributed by atoms with van der Waals surface area (Å²) in [6.07, 6.45) is 0. The maximum absolute atomic E-state index is 2.25. The summed E-state index contributed by atoms with van der Waals surface area (Å²) in [6, 6.07) is 8.77. The molecule has 0 N–H and O–H groups in total. The van der Waals surface area contributed by atoms with Gasteiger partial charge in [-0.2, -0.15) is 0 Å². The van der Waals surface area contributed by atoms with Crippen LogP contribution in [0.1, 0.15) is 0 Å². The van der Waals surface area contributed by atoms with Crippen LogP contribution in [0.5, 0.6) is 0 Å². The fourth-order valence-electron chi connectivity index (χ4n) is 0.695. The van der Waals surface area contributed by atoms with Crippen molar-refractivity contribution in [3.05, 3.63) is 35.0 Å². The van der Waals surface area contributed by atoms with E-state index >= 15 is 0 Å². The zero-order valence-corrected chi connectivity index (χ0v) is 9.81. The van der Waals surface area contributed by atoms with E-state index < -0.39 is 0 Å². The quantitative estimate of drug-likeness (QED) is 0.770. The number of rotatable bonds is 2. The van der Waals surface area contributed by atoms with Crippen molar-refractivity contribution in [3.63, 3.8) is 0 Å².